The fourth-order valence-electron chi connectivity index (χ4n) is 3.93. The standard InChI is InChI=1S/C24H39BN4O5S/c1-16(28-21(31)32-22(2,3)4)19(30)29-12-10-9-11-18(29)15-35-20-26-13-17(14-27-20)25-33-23(5,6)24(7,8)34-25/h13-14,16,18H,9-12,15H2,1-8H3,(H,28,31)/t16-,18-/m0/s1. The summed E-state index contributed by atoms with van der Waals surface area (Å²) in [5, 5.41) is 3.31. The van der Waals surface area contributed by atoms with Crippen LogP contribution in [-0.4, -0.2) is 75.2 Å². The van der Waals surface area contributed by atoms with E-state index in [1.54, 1.807) is 40.1 Å². The number of nitrogens with one attached hydrogen (secondary N) is 1. The van der Waals surface area contributed by atoms with Crippen molar-refractivity contribution in [1.82, 2.24) is 20.2 Å². The molecule has 2 fully saturated rings. The number of aromatic nitrogens is 2. The summed E-state index contributed by atoms with van der Waals surface area (Å²) in [7, 11) is -0.496. The minimum Gasteiger partial charge on any atom is -0.444 e. The van der Waals surface area contributed by atoms with Crippen molar-refractivity contribution in [3.8, 4) is 0 Å². The summed E-state index contributed by atoms with van der Waals surface area (Å²) < 4.78 is 17.4. The van der Waals surface area contributed by atoms with E-state index in [0.717, 1.165) is 24.7 Å². The van der Waals surface area contributed by atoms with Crippen molar-refractivity contribution in [3.05, 3.63) is 12.4 Å². The molecule has 1 aromatic heterocycles. The zero-order valence-corrected chi connectivity index (χ0v) is 23.0. The van der Waals surface area contributed by atoms with Crippen LogP contribution >= 0.6 is 11.8 Å². The molecular weight excluding hydrogens is 467 g/mol. The quantitative estimate of drug-likeness (QED) is 0.357. The van der Waals surface area contributed by atoms with Gasteiger partial charge >= 0.3 is 13.2 Å². The summed E-state index contributed by atoms with van der Waals surface area (Å²) in [4.78, 5) is 36.1. The number of carbonyl (C=O) groups excluding carboxylic acids is 2. The molecule has 1 aromatic rings. The van der Waals surface area contributed by atoms with Crippen molar-refractivity contribution in [2.75, 3.05) is 12.3 Å². The zero-order valence-electron chi connectivity index (χ0n) is 22.2. The average molecular weight is 506 g/mol. The smallest absolute Gasteiger partial charge is 0.444 e. The normalized spacial score (nSPS) is 22.6. The first-order valence-electron chi connectivity index (χ1n) is 12.3. The van der Waals surface area contributed by atoms with Crippen molar-refractivity contribution in [3.63, 3.8) is 0 Å². The fourth-order valence-corrected chi connectivity index (χ4v) is 4.87. The van der Waals surface area contributed by atoms with Crippen molar-refractivity contribution in [2.24, 2.45) is 0 Å². The van der Waals surface area contributed by atoms with E-state index in [1.807, 2.05) is 32.6 Å². The van der Waals surface area contributed by atoms with Crippen molar-refractivity contribution < 1.29 is 23.6 Å². The molecule has 0 saturated carbocycles. The molecule has 2 aliphatic heterocycles. The molecule has 2 aliphatic rings. The molecule has 9 nitrogen and oxygen atoms in total. The summed E-state index contributed by atoms with van der Waals surface area (Å²) in [5.41, 5.74) is -0.672. The molecule has 0 aromatic carbocycles. The lowest BCUT2D eigenvalue weighted by Crippen LogP contribution is -2.53. The Labute approximate surface area is 213 Å². The largest absolute Gasteiger partial charge is 0.498 e. The molecule has 2 amide bonds. The molecule has 0 bridgehead atoms. The summed E-state index contributed by atoms with van der Waals surface area (Å²) in [6.45, 7) is 15.8. The van der Waals surface area contributed by atoms with Gasteiger partial charge in [0.15, 0.2) is 5.16 Å². The number of piperidine rings is 1. The lowest BCUT2D eigenvalue weighted by atomic mass is 9.81. The number of amides is 2. The Balaban J connectivity index is 1.56. The second kappa shape index (κ2) is 10.6. The predicted molar refractivity (Wildman–Crippen MR) is 137 cm³/mol. The molecule has 2 saturated heterocycles. The number of hydrogen-bond donors (Lipinski definition) is 1. The number of carbonyl (C=O) groups is 2. The second-order valence-electron chi connectivity index (χ2n) is 11.2. The Morgan fingerprint density at radius 3 is 2.37 bits per heavy atom. The van der Waals surface area contributed by atoms with Crippen LogP contribution in [0.15, 0.2) is 17.6 Å². The van der Waals surface area contributed by atoms with Gasteiger partial charge in [0.25, 0.3) is 0 Å². The van der Waals surface area contributed by atoms with Gasteiger partial charge in [0.05, 0.1) is 11.2 Å². The van der Waals surface area contributed by atoms with Crippen molar-refractivity contribution in [1.29, 1.82) is 0 Å². The van der Waals surface area contributed by atoms with Gasteiger partial charge in [0.2, 0.25) is 5.91 Å². The van der Waals surface area contributed by atoms with Gasteiger partial charge in [-0.05, 0) is 74.7 Å². The summed E-state index contributed by atoms with van der Waals surface area (Å²) in [5.74, 6) is 0.582. The third-order valence-electron chi connectivity index (χ3n) is 6.59. The van der Waals surface area contributed by atoms with Crippen LogP contribution in [0.25, 0.3) is 0 Å². The molecule has 35 heavy (non-hydrogen) atoms. The average Bonchev–Trinajstić information content (AvgIpc) is 2.97. The lowest BCUT2D eigenvalue weighted by Gasteiger charge is -2.37. The Bertz CT molecular complexity index is 890. The molecule has 0 radical (unpaired) electrons. The number of alkyl carbamates (subject to hydrolysis) is 1. The van der Waals surface area contributed by atoms with E-state index in [-0.39, 0.29) is 11.9 Å². The van der Waals surface area contributed by atoms with Gasteiger partial charge in [0, 0.05) is 36.2 Å². The van der Waals surface area contributed by atoms with Gasteiger partial charge in [0.1, 0.15) is 11.6 Å². The van der Waals surface area contributed by atoms with E-state index in [2.05, 4.69) is 15.3 Å². The summed E-state index contributed by atoms with van der Waals surface area (Å²) >= 11 is 1.52. The molecule has 194 valence electrons. The van der Waals surface area contributed by atoms with E-state index >= 15 is 0 Å². The maximum absolute atomic E-state index is 13.1. The molecule has 2 atom stereocenters. The van der Waals surface area contributed by atoms with Crippen LogP contribution in [0.3, 0.4) is 0 Å². The number of rotatable bonds is 6. The summed E-state index contributed by atoms with van der Waals surface area (Å²) in [6, 6.07) is -0.610. The molecule has 0 unspecified atom stereocenters. The third-order valence-corrected chi connectivity index (χ3v) is 7.61. The van der Waals surface area contributed by atoms with Crippen molar-refractivity contribution in [2.45, 2.75) is 109 Å². The van der Waals surface area contributed by atoms with Crippen LogP contribution in [0, 0.1) is 0 Å². The monoisotopic (exact) mass is 506 g/mol. The molecule has 11 heteroatoms. The highest BCUT2D eigenvalue weighted by Gasteiger charge is 2.52. The minimum atomic E-state index is -0.661. The van der Waals surface area contributed by atoms with E-state index in [1.165, 1.54) is 11.8 Å². The minimum absolute atomic E-state index is 0.0514. The first-order chi connectivity index (χ1) is 16.2. The Hall–Kier alpha value is -1.85. The maximum Gasteiger partial charge on any atom is 0.498 e. The Kier molecular flexibility index (Phi) is 8.43. The van der Waals surface area contributed by atoms with Crippen molar-refractivity contribution >= 4 is 36.3 Å². The zero-order chi connectivity index (χ0) is 26.0. The van der Waals surface area contributed by atoms with Gasteiger partial charge in [-0.2, -0.15) is 0 Å². The van der Waals surface area contributed by atoms with E-state index in [4.69, 9.17) is 14.0 Å². The highest BCUT2D eigenvalue weighted by atomic mass is 32.2. The van der Waals surface area contributed by atoms with Crippen LogP contribution in [-0.2, 0) is 18.8 Å². The molecule has 3 heterocycles. The highest BCUT2D eigenvalue weighted by Crippen LogP contribution is 2.36. The van der Waals surface area contributed by atoms with Crippen LogP contribution in [0.1, 0.15) is 74.7 Å². The van der Waals surface area contributed by atoms with Crippen LogP contribution in [0.5, 0.6) is 0 Å². The molecule has 0 aliphatic carbocycles. The topological polar surface area (TPSA) is 103 Å². The van der Waals surface area contributed by atoms with Crippen LogP contribution < -0.4 is 10.8 Å². The van der Waals surface area contributed by atoms with Gasteiger partial charge in [-0.15, -0.1) is 0 Å². The number of nitrogens with zero attached hydrogens (tertiary/aromatic N) is 3. The van der Waals surface area contributed by atoms with Gasteiger partial charge < -0.3 is 24.3 Å². The maximum atomic E-state index is 13.1. The second-order valence-corrected chi connectivity index (χ2v) is 12.2. The highest BCUT2D eigenvalue weighted by molar-refractivity contribution is 7.99. The third kappa shape index (κ3) is 7.10. The van der Waals surface area contributed by atoms with Crippen LogP contribution in [0.4, 0.5) is 4.79 Å². The van der Waals surface area contributed by atoms with Gasteiger partial charge in [-0.1, -0.05) is 11.8 Å². The number of hydrogen-bond acceptors (Lipinski definition) is 8. The summed E-state index contributed by atoms with van der Waals surface area (Å²) in [6.07, 6.45) is 5.82. The molecule has 3 rings (SSSR count). The first-order valence-corrected chi connectivity index (χ1v) is 13.3. The number of thioether (sulfide) groups is 1. The number of likely N-dealkylation sites (tertiary alicyclic amines) is 1. The molecule has 0 spiro atoms. The Morgan fingerprint density at radius 1 is 1.20 bits per heavy atom. The van der Waals surface area contributed by atoms with Gasteiger partial charge in [-0.25, -0.2) is 14.8 Å². The molecule has 1 N–H and O–H groups in total. The Morgan fingerprint density at radius 2 is 1.80 bits per heavy atom. The lowest BCUT2D eigenvalue weighted by molar-refractivity contribution is -0.136. The molecular formula is C24H39BN4O5S. The van der Waals surface area contributed by atoms with E-state index < -0.39 is 36.1 Å². The number of ether oxygens (including phenoxy) is 1. The first kappa shape index (κ1) is 27.7. The van der Waals surface area contributed by atoms with Crippen LogP contribution in [0.2, 0.25) is 0 Å². The van der Waals surface area contributed by atoms with E-state index in [9.17, 15) is 9.59 Å². The predicted octanol–water partition coefficient (Wildman–Crippen LogP) is 3.16. The van der Waals surface area contributed by atoms with Gasteiger partial charge in [-0.3, -0.25) is 4.79 Å². The van der Waals surface area contributed by atoms with E-state index in [0.29, 0.717) is 17.5 Å². The fraction of sp³-hybridized carbons (Fsp3) is 0.750. The SMILES string of the molecule is C[C@H](NC(=O)OC(C)(C)C)C(=O)N1CCCC[C@H]1CSc1ncc(B2OC(C)(C)C(C)(C)O2)cn1.